The molecule has 0 bridgehead atoms. The molecule has 0 saturated carbocycles. The number of piperidine rings is 1. The summed E-state index contributed by atoms with van der Waals surface area (Å²) in [5.74, 6) is 2.26. The van der Waals surface area contributed by atoms with Crippen LogP contribution in [0.5, 0.6) is 0 Å². The van der Waals surface area contributed by atoms with E-state index in [-0.39, 0.29) is 29.3 Å². The summed E-state index contributed by atoms with van der Waals surface area (Å²) >= 11 is 6.34. The van der Waals surface area contributed by atoms with E-state index >= 15 is 0 Å². The number of alkyl halides is 1. The first-order chi connectivity index (χ1) is 14.3. The van der Waals surface area contributed by atoms with Gasteiger partial charge in [0.1, 0.15) is 0 Å². The highest BCUT2D eigenvalue weighted by Gasteiger charge is 2.39. The zero-order valence-corrected chi connectivity index (χ0v) is 23.2. The predicted molar refractivity (Wildman–Crippen MR) is 153 cm³/mol. The van der Waals surface area contributed by atoms with Gasteiger partial charge in [-0.2, -0.15) is 0 Å². The molecule has 35 heavy (non-hydrogen) atoms. The number of halogens is 1. The van der Waals surface area contributed by atoms with Crippen molar-refractivity contribution in [3.8, 4) is 0 Å². The molecule has 0 aromatic carbocycles. The van der Waals surface area contributed by atoms with Crippen molar-refractivity contribution in [2.24, 2.45) is 23.2 Å². The molecule has 0 radical (unpaired) electrons. The van der Waals surface area contributed by atoms with E-state index in [4.69, 9.17) is 11.6 Å². The molecule has 0 aromatic rings. The zero-order chi connectivity index (χ0) is 21.7. The van der Waals surface area contributed by atoms with Gasteiger partial charge in [0, 0.05) is 31.1 Å². The van der Waals surface area contributed by atoms with Gasteiger partial charge in [-0.25, -0.2) is 0 Å². The van der Waals surface area contributed by atoms with E-state index in [2.05, 4.69) is 55.8 Å². The van der Waals surface area contributed by atoms with Crippen LogP contribution in [0.25, 0.3) is 0 Å². The Kier molecular flexibility index (Phi) is 20.3. The highest BCUT2D eigenvalue weighted by Crippen LogP contribution is 2.43. The van der Waals surface area contributed by atoms with Gasteiger partial charge < -0.3 is 37.0 Å². The molecule has 7 nitrogen and oxygen atoms in total. The van der Waals surface area contributed by atoms with Crippen molar-refractivity contribution in [3.05, 3.63) is 11.6 Å². The third kappa shape index (κ3) is 11.3. The lowest BCUT2D eigenvalue weighted by Gasteiger charge is -2.47. The van der Waals surface area contributed by atoms with E-state index in [0.29, 0.717) is 22.8 Å². The first-order valence-electron chi connectivity index (χ1n) is 12.8. The summed E-state index contributed by atoms with van der Waals surface area (Å²) in [5, 5.41) is 4.35. The summed E-state index contributed by atoms with van der Waals surface area (Å²) in [6.45, 7) is 20.8. The lowest BCUT2D eigenvalue weighted by molar-refractivity contribution is 0.0594. The van der Waals surface area contributed by atoms with Crippen molar-refractivity contribution in [2.45, 2.75) is 92.0 Å². The summed E-state index contributed by atoms with van der Waals surface area (Å²) in [6.07, 6.45) is 9.90. The second kappa shape index (κ2) is 18.1. The van der Waals surface area contributed by atoms with E-state index in [9.17, 15) is 0 Å². The predicted octanol–water partition coefficient (Wildman–Crippen LogP) is 2.74. The quantitative estimate of drug-likeness (QED) is 0.364. The molecule has 2 heterocycles. The van der Waals surface area contributed by atoms with Crippen molar-refractivity contribution >= 4 is 11.6 Å². The maximum Gasteiger partial charge on any atom is 0.0373 e. The van der Waals surface area contributed by atoms with Crippen LogP contribution in [-0.4, -0.2) is 88.9 Å². The van der Waals surface area contributed by atoms with Gasteiger partial charge in [0.05, 0.1) is 0 Å². The van der Waals surface area contributed by atoms with Crippen LogP contribution in [0.2, 0.25) is 0 Å². The second-order valence-corrected chi connectivity index (χ2v) is 12.0. The normalized spacial score (nSPS) is 27.3. The molecule has 3 rings (SSSR count). The van der Waals surface area contributed by atoms with E-state index in [1.54, 1.807) is 5.57 Å². The first kappa shape index (κ1) is 39.3. The van der Waals surface area contributed by atoms with E-state index in [1.807, 2.05) is 0 Å². The smallest absolute Gasteiger partial charge is 0.0373 e. The summed E-state index contributed by atoms with van der Waals surface area (Å²) in [7, 11) is 0. The molecule has 3 aliphatic rings. The van der Waals surface area contributed by atoms with Crippen molar-refractivity contribution in [3.63, 3.8) is 0 Å². The Morgan fingerprint density at radius 3 is 2.26 bits per heavy atom. The van der Waals surface area contributed by atoms with Gasteiger partial charge in [0.2, 0.25) is 0 Å². The summed E-state index contributed by atoms with van der Waals surface area (Å²) in [5.41, 5.74) is 2.06. The maximum atomic E-state index is 6.34. The standard InChI is InChI=1S/C26H48ClN3.CH4.4H2O/c1-6-13-29-14-11-21(17-29)16-28-25(20(2)3)18-30-15-12-24(26(4,5)19-30)22-7-9-23(27)10-8-22;;;;;/h7,20-21,23-25,28H,6,8-19H2,1-5H3;1H4;4*1H2/t21-,23?,24+,25-;;;;;/m0...../s1. The maximum absolute atomic E-state index is 6.34. The average molecular weight is 526 g/mol. The molecule has 1 unspecified atom stereocenters. The van der Waals surface area contributed by atoms with E-state index < -0.39 is 0 Å². The molecule has 214 valence electrons. The fourth-order valence-corrected chi connectivity index (χ4v) is 6.35. The Balaban J connectivity index is -0.00000205. The van der Waals surface area contributed by atoms with E-state index in [0.717, 1.165) is 18.3 Å². The minimum Gasteiger partial charge on any atom is -0.412 e. The minimum absolute atomic E-state index is 0. The topological polar surface area (TPSA) is 145 Å². The summed E-state index contributed by atoms with van der Waals surface area (Å²) in [6, 6.07) is 0.600. The molecule has 9 N–H and O–H groups in total. The van der Waals surface area contributed by atoms with Crippen LogP contribution >= 0.6 is 11.6 Å². The van der Waals surface area contributed by atoms with Gasteiger partial charge in [-0.3, -0.25) is 0 Å². The van der Waals surface area contributed by atoms with Gasteiger partial charge >= 0.3 is 0 Å². The van der Waals surface area contributed by atoms with Crippen LogP contribution < -0.4 is 5.32 Å². The number of nitrogens with zero attached hydrogens (tertiary/aromatic N) is 2. The Morgan fingerprint density at radius 1 is 1.06 bits per heavy atom. The highest BCUT2D eigenvalue weighted by molar-refractivity contribution is 6.20. The molecular weight excluding hydrogens is 466 g/mol. The molecule has 2 saturated heterocycles. The molecule has 4 atom stereocenters. The van der Waals surface area contributed by atoms with Gasteiger partial charge in [0.15, 0.2) is 0 Å². The Bertz CT molecular complexity index is 577. The van der Waals surface area contributed by atoms with Crippen LogP contribution in [0, 0.1) is 23.2 Å². The lowest BCUT2D eigenvalue weighted by Crippen LogP contribution is -2.52. The molecule has 2 fully saturated rings. The molecule has 0 aromatic heterocycles. The largest absolute Gasteiger partial charge is 0.412 e. The minimum atomic E-state index is 0. The third-order valence-electron chi connectivity index (χ3n) is 7.98. The first-order valence-corrected chi connectivity index (χ1v) is 13.2. The number of allylic oxidation sites excluding steroid dienone is 2. The van der Waals surface area contributed by atoms with Crippen molar-refractivity contribution < 1.29 is 21.9 Å². The number of nitrogens with one attached hydrogen (secondary N) is 1. The van der Waals surface area contributed by atoms with Crippen molar-refractivity contribution in [1.29, 1.82) is 0 Å². The van der Waals surface area contributed by atoms with Gasteiger partial charge in [-0.15, -0.1) is 11.6 Å². The SMILES string of the molecule is C.CCCN1CC[C@@H](CN[C@@H](CN2CC[C@H](C3=CCC(Cl)CC3)C(C)(C)C2)C(C)C)C1.O.O.O.O. The van der Waals surface area contributed by atoms with Gasteiger partial charge in [-0.05, 0) is 87.9 Å². The number of hydrogen-bond acceptors (Lipinski definition) is 3. The lowest BCUT2D eigenvalue weighted by atomic mass is 9.68. The second-order valence-electron chi connectivity index (χ2n) is 11.4. The number of hydrogen-bond donors (Lipinski definition) is 1. The monoisotopic (exact) mass is 525 g/mol. The van der Waals surface area contributed by atoms with Crippen LogP contribution in [0.1, 0.15) is 80.6 Å². The Labute approximate surface area is 221 Å². The molecule has 1 aliphatic carbocycles. The van der Waals surface area contributed by atoms with Gasteiger partial charge in [-0.1, -0.05) is 53.7 Å². The summed E-state index contributed by atoms with van der Waals surface area (Å²) in [4.78, 5) is 5.40. The molecule has 0 spiro atoms. The molecular formula is C27H60ClN3O4. The molecule has 0 amide bonds. The molecule has 8 heteroatoms. The third-order valence-corrected chi connectivity index (χ3v) is 8.37. The Morgan fingerprint density at radius 2 is 1.71 bits per heavy atom. The van der Waals surface area contributed by atoms with Crippen LogP contribution in [0.4, 0.5) is 0 Å². The Hall–Kier alpha value is -0.250. The van der Waals surface area contributed by atoms with Gasteiger partial charge in [0.25, 0.3) is 0 Å². The highest BCUT2D eigenvalue weighted by atomic mass is 35.5. The summed E-state index contributed by atoms with van der Waals surface area (Å²) < 4.78 is 0. The van der Waals surface area contributed by atoms with Crippen molar-refractivity contribution in [1.82, 2.24) is 15.1 Å². The molecule has 2 aliphatic heterocycles. The fourth-order valence-electron chi connectivity index (χ4n) is 6.16. The number of rotatable bonds is 9. The van der Waals surface area contributed by atoms with Crippen LogP contribution in [0.15, 0.2) is 11.6 Å². The van der Waals surface area contributed by atoms with Crippen molar-refractivity contribution in [2.75, 3.05) is 45.8 Å². The fraction of sp³-hybridized carbons (Fsp3) is 0.926. The number of likely N-dealkylation sites (tertiary alicyclic amines) is 2. The zero-order valence-electron chi connectivity index (χ0n) is 22.4. The van der Waals surface area contributed by atoms with E-state index in [1.165, 1.54) is 77.9 Å². The average Bonchev–Trinajstić information content (AvgIpc) is 3.13. The van der Waals surface area contributed by atoms with Crippen LogP contribution in [0.3, 0.4) is 0 Å². The van der Waals surface area contributed by atoms with Crippen LogP contribution in [-0.2, 0) is 0 Å².